The fourth-order valence-electron chi connectivity index (χ4n) is 1.44. The van der Waals surface area contributed by atoms with Gasteiger partial charge in [-0.15, -0.1) is 0 Å². The van der Waals surface area contributed by atoms with Gasteiger partial charge in [0.2, 0.25) is 5.91 Å². The normalized spacial score (nSPS) is 21.3. The lowest BCUT2D eigenvalue weighted by molar-refractivity contribution is -0.125. The second kappa shape index (κ2) is 7.96. The van der Waals surface area contributed by atoms with Crippen molar-refractivity contribution in [2.24, 2.45) is 0 Å². The van der Waals surface area contributed by atoms with Gasteiger partial charge in [0.05, 0.1) is 13.2 Å². The van der Waals surface area contributed by atoms with Gasteiger partial charge in [-0.3, -0.25) is 4.79 Å². The summed E-state index contributed by atoms with van der Waals surface area (Å²) in [5, 5.41) is 6.05. The van der Waals surface area contributed by atoms with Crippen LogP contribution in [0.4, 0.5) is 0 Å². The molecule has 2 N–H and O–H groups in total. The van der Waals surface area contributed by atoms with Gasteiger partial charge in [0.25, 0.3) is 0 Å². The molecule has 1 aliphatic heterocycles. The van der Waals surface area contributed by atoms with Gasteiger partial charge in [-0.05, 0) is 24.9 Å². The maximum Gasteiger partial charge on any atom is 0.239 e. The molecule has 0 bridgehead atoms. The Balaban J connectivity index is 2.02. The van der Waals surface area contributed by atoms with Crippen LogP contribution in [0, 0.1) is 0 Å². The summed E-state index contributed by atoms with van der Waals surface area (Å²) in [5.74, 6) is 1.24. The lowest BCUT2D eigenvalue weighted by atomic mass is 10.2. The molecule has 1 amide bonds. The Bertz CT molecular complexity index is 184. The molecule has 1 unspecified atom stereocenters. The average molecular weight is 232 g/mol. The number of amides is 1. The van der Waals surface area contributed by atoms with Crippen molar-refractivity contribution in [2.45, 2.75) is 18.9 Å². The number of morpholine rings is 1. The van der Waals surface area contributed by atoms with Crippen LogP contribution in [-0.4, -0.2) is 50.3 Å². The summed E-state index contributed by atoms with van der Waals surface area (Å²) in [4.78, 5) is 11.6. The predicted octanol–water partition coefficient (Wildman–Crippen LogP) is 0.234. The van der Waals surface area contributed by atoms with Crippen molar-refractivity contribution in [3.63, 3.8) is 0 Å². The molecule has 0 aromatic carbocycles. The van der Waals surface area contributed by atoms with Crippen molar-refractivity contribution in [3.8, 4) is 0 Å². The van der Waals surface area contributed by atoms with Crippen LogP contribution in [0.3, 0.4) is 0 Å². The number of rotatable bonds is 6. The zero-order valence-corrected chi connectivity index (χ0v) is 10.1. The van der Waals surface area contributed by atoms with Crippen LogP contribution in [0.25, 0.3) is 0 Å². The molecule has 0 spiro atoms. The van der Waals surface area contributed by atoms with Crippen LogP contribution < -0.4 is 10.6 Å². The van der Waals surface area contributed by atoms with E-state index in [0.29, 0.717) is 13.2 Å². The minimum atomic E-state index is -0.153. The fraction of sp³-hybridized carbons (Fsp3) is 0.900. The van der Waals surface area contributed by atoms with E-state index in [4.69, 9.17) is 4.74 Å². The minimum Gasteiger partial charge on any atom is -0.378 e. The first-order chi connectivity index (χ1) is 7.34. The lowest BCUT2D eigenvalue weighted by Crippen LogP contribution is -2.51. The zero-order chi connectivity index (χ0) is 10.9. The predicted molar refractivity (Wildman–Crippen MR) is 63.2 cm³/mol. The van der Waals surface area contributed by atoms with Crippen LogP contribution in [0.1, 0.15) is 12.8 Å². The Morgan fingerprint density at radius 1 is 1.60 bits per heavy atom. The highest BCUT2D eigenvalue weighted by molar-refractivity contribution is 7.98. The zero-order valence-electron chi connectivity index (χ0n) is 9.25. The van der Waals surface area contributed by atoms with Crippen LogP contribution >= 0.6 is 11.8 Å². The van der Waals surface area contributed by atoms with Crippen molar-refractivity contribution in [1.82, 2.24) is 10.6 Å². The first-order valence-electron chi connectivity index (χ1n) is 5.42. The number of hydrogen-bond donors (Lipinski definition) is 2. The molecule has 88 valence electrons. The Kier molecular flexibility index (Phi) is 6.80. The fourth-order valence-corrected chi connectivity index (χ4v) is 1.93. The molecule has 0 aliphatic carbocycles. The largest absolute Gasteiger partial charge is 0.378 e. The van der Waals surface area contributed by atoms with E-state index >= 15 is 0 Å². The summed E-state index contributed by atoms with van der Waals surface area (Å²) in [6.07, 6.45) is 4.32. The molecular formula is C10H20N2O2S. The molecule has 4 nitrogen and oxygen atoms in total. The third-order valence-corrected chi connectivity index (χ3v) is 3.01. The molecule has 1 rings (SSSR count). The summed E-state index contributed by atoms with van der Waals surface area (Å²) in [5.41, 5.74) is 0. The number of ether oxygens (including phenoxy) is 1. The van der Waals surface area contributed by atoms with E-state index in [1.807, 2.05) is 11.8 Å². The molecule has 0 saturated carbocycles. The van der Waals surface area contributed by atoms with E-state index in [2.05, 4.69) is 16.9 Å². The molecule has 0 aromatic heterocycles. The lowest BCUT2D eigenvalue weighted by Gasteiger charge is -2.22. The highest BCUT2D eigenvalue weighted by Gasteiger charge is 2.20. The second-order valence-corrected chi connectivity index (χ2v) is 4.56. The topological polar surface area (TPSA) is 50.4 Å². The maximum atomic E-state index is 11.6. The van der Waals surface area contributed by atoms with Gasteiger partial charge in [-0.25, -0.2) is 0 Å². The van der Waals surface area contributed by atoms with Gasteiger partial charge < -0.3 is 15.4 Å². The van der Waals surface area contributed by atoms with Gasteiger partial charge in [0, 0.05) is 13.1 Å². The smallest absolute Gasteiger partial charge is 0.239 e. The van der Waals surface area contributed by atoms with E-state index in [1.165, 1.54) is 5.75 Å². The SMILES string of the molecule is CSCCCCNC(=O)C1COCCN1. The van der Waals surface area contributed by atoms with Crippen molar-refractivity contribution in [3.05, 3.63) is 0 Å². The summed E-state index contributed by atoms with van der Waals surface area (Å²) >= 11 is 1.84. The van der Waals surface area contributed by atoms with E-state index < -0.39 is 0 Å². The number of unbranched alkanes of at least 4 members (excludes halogenated alkanes) is 1. The minimum absolute atomic E-state index is 0.0684. The molecular weight excluding hydrogens is 212 g/mol. The number of carbonyl (C=O) groups is 1. The van der Waals surface area contributed by atoms with Gasteiger partial charge in [-0.2, -0.15) is 11.8 Å². The Morgan fingerprint density at radius 2 is 2.47 bits per heavy atom. The first kappa shape index (κ1) is 12.8. The average Bonchev–Trinajstić information content (AvgIpc) is 2.30. The van der Waals surface area contributed by atoms with Gasteiger partial charge >= 0.3 is 0 Å². The van der Waals surface area contributed by atoms with E-state index in [9.17, 15) is 4.79 Å². The number of thioether (sulfide) groups is 1. The molecule has 15 heavy (non-hydrogen) atoms. The summed E-state index contributed by atoms with van der Waals surface area (Å²) in [7, 11) is 0. The number of nitrogens with one attached hydrogen (secondary N) is 2. The number of carbonyl (C=O) groups excluding carboxylic acids is 1. The molecule has 0 radical (unpaired) electrons. The Hall–Kier alpha value is -0.260. The van der Waals surface area contributed by atoms with Crippen molar-refractivity contribution in [1.29, 1.82) is 0 Å². The highest BCUT2D eigenvalue weighted by Crippen LogP contribution is 1.98. The third-order valence-electron chi connectivity index (χ3n) is 2.31. The number of hydrogen-bond acceptors (Lipinski definition) is 4. The van der Waals surface area contributed by atoms with Crippen LogP contribution in [0.15, 0.2) is 0 Å². The van der Waals surface area contributed by atoms with Crippen molar-refractivity contribution >= 4 is 17.7 Å². The molecule has 1 fully saturated rings. The maximum absolute atomic E-state index is 11.6. The highest BCUT2D eigenvalue weighted by atomic mass is 32.2. The van der Waals surface area contributed by atoms with E-state index in [-0.39, 0.29) is 11.9 Å². The monoisotopic (exact) mass is 232 g/mol. The Labute approximate surface area is 95.5 Å². The Morgan fingerprint density at radius 3 is 3.13 bits per heavy atom. The summed E-state index contributed by atoms with van der Waals surface area (Å²) in [6, 6.07) is -0.153. The van der Waals surface area contributed by atoms with Crippen LogP contribution in [-0.2, 0) is 9.53 Å². The van der Waals surface area contributed by atoms with Gasteiger partial charge in [0.15, 0.2) is 0 Å². The molecule has 1 atom stereocenters. The molecule has 1 heterocycles. The van der Waals surface area contributed by atoms with Crippen LogP contribution in [0.5, 0.6) is 0 Å². The second-order valence-electron chi connectivity index (χ2n) is 3.57. The van der Waals surface area contributed by atoms with Gasteiger partial charge in [0.1, 0.15) is 6.04 Å². The molecule has 1 saturated heterocycles. The van der Waals surface area contributed by atoms with Gasteiger partial charge in [-0.1, -0.05) is 0 Å². The van der Waals surface area contributed by atoms with Crippen molar-refractivity contribution in [2.75, 3.05) is 38.3 Å². The summed E-state index contributed by atoms with van der Waals surface area (Å²) in [6.45, 7) is 2.75. The summed E-state index contributed by atoms with van der Waals surface area (Å²) < 4.78 is 5.22. The molecule has 0 aromatic rings. The van der Waals surface area contributed by atoms with Crippen molar-refractivity contribution < 1.29 is 9.53 Å². The molecule has 1 aliphatic rings. The van der Waals surface area contributed by atoms with E-state index in [0.717, 1.165) is 25.9 Å². The standard InChI is InChI=1S/C10H20N2O2S/c1-15-7-3-2-4-12-10(13)9-8-14-6-5-11-9/h9,11H,2-8H2,1H3,(H,12,13). The first-order valence-corrected chi connectivity index (χ1v) is 6.81. The quantitative estimate of drug-likeness (QED) is 0.644. The van der Waals surface area contributed by atoms with Crippen LogP contribution in [0.2, 0.25) is 0 Å². The molecule has 5 heteroatoms. The third kappa shape index (κ3) is 5.39. The van der Waals surface area contributed by atoms with E-state index in [1.54, 1.807) is 0 Å².